The van der Waals surface area contributed by atoms with Crippen LogP contribution in [-0.2, 0) is 29.4 Å². The molecule has 0 saturated heterocycles. The third-order valence-corrected chi connectivity index (χ3v) is 6.48. The van der Waals surface area contributed by atoms with Gasteiger partial charge in [0.05, 0.1) is 29.6 Å². The molecule has 11 heteroatoms. The smallest absolute Gasteiger partial charge is 0.312 e. The number of pyridine rings is 3. The van der Waals surface area contributed by atoms with Gasteiger partial charge in [-0.1, -0.05) is 35.5 Å². The maximum absolute atomic E-state index is 14.0. The number of hydrogen-bond donors (Lipinski definition) is 0. The number of halogens is 2. The average molecular weight is 555 g/mol. The fraction of sp³-hybridized carbons (Fsp3) is 0.167. The van der Waals surface area contributed by atoms with Gasteiger partial charge in [-0.15, -0.1) is 5.10 Å². The van der Waals surface area contributed by atoms with Gasteiger partial charge in [0.15, 0.2) is 5.78 Å². The van der Waals surface area contributed by atoms with Gasteiger partial charge in [0.1, 0.15) is 17.6 Å². The number of esters is 1. The standard InChI is InChI=1S/C30H24F2N6O3/c1-18(24-13-23(31)17-35-30(24)32)41-28(40)14-26-29(36-37-38(26)2)25-10-9-22(16-34-25)27(39)12-19-5-7-20(8-6-19)21-4-3-11-33-15-21/h3-11,13,15-18H,12,14H2,1-2H3/t18-/m1/s1. The minimum atomic E-state index is -1.06. The zero-order chi connectivity index (χ0) is 28.9. The van der Waals surface area contributed by atoms with Crippen LogP contribution in [0.4, 0.5) is 8.78 Å². The van der Waals surface area contributed by atoms with Gasteiger partial charge in [-0.05, 0) is 47.9 Å². The van der Waals surface area contributed by atoms with Gasteiger partial charge in [-0.3, -0.25) is 24.2 Å². The normalized spacial score (nSPS) is 11.7. The van der Waals surface area contributed by atoms with Crippen LogP contribution in [0.2, 0.25) is 0 Å². The van der Waals surface area contributed by atoms with Crippen LogP contribution in [0, 0.1) is 11.8 Å². The van der Waals surface area contributed by atoms with E-state index in [1.165, 1.54) is 17.8 Å². The molecule has 1 aromatic carbocycles. The number of ketones is 1. The molecule has 0 amide bonds. The summed E-state index contributed by atoms with van der Waals surface area (Å²) in [6, 6.07) is 15.8. The Labute approximate surface area is 233 Å². The Bertz CT molecular complexity index is 1690. The third kappa shape index (κ3) is 6.35. The first kappa shape index (κ1) is 27.4. The molecule has 0 radical (unpaired) electrons. The van der Waals surface area contributed by atoms with Gasteiger partial charge >= 0.3 is 5.97 Å². The molecule has 206 valence electrons. The molecule has 0 saturated carbocycles. The fourth-order valence-electron chi connectivity index (χ4n) is 4.27. The lowest BCUT2D eigenvalue weighted by Crippen LogP contribution is -2.15. The van der Waals surface area contributed by atoms with Crippen LogP contribution in [0.3, 0.4) is 0 Å². The van der Waals surface area contributed by atoms with Gasteiger partial charge in [0.25, 0.3) is 0 Å². The van der Waals surface area contributed by atoms with Gasteiger partial charge in [-0.25, -0.2) is 9.37 Å². The molecule has 9 nitrogen and oxygen atoms in total. The zero-order valence-electron chi connectivity index (χ0n) is 22.2. The molecule has 0 aliphatic rings. The second-order valence-corrected chi connectivity index (χ2v) is 9.32. The van der Waals surface area contributed by atoms with Crippen LogP contribution in [0.25, 0.3) is 22.5 Å². The summed E-state index contributed by atoms with van der Waals surface area (Å²) in [6.45, 7) is 1.42. The van der Waals surface area contributed by atoms with Crippen LogP contribution in [0.15, 0.2) is 79.4 Å². The predicted octanol–water partition coefficient (Wildman–Crippen LogP) is 4.88. The van der Waals surface area contributed by atoms with Gasteiger partial charge < -0.3 is 4.74 Å². The van der Waals surface area contributed by atoms with Crippen molar-refractivity contribution >= 4 is 11.8 Å². The largest absolute Gasteiger partial charge is 0.457 e. The summed E-state index contributed by atoms with van der Waals surface area (Å²) in [5, 5.41) is 8.09. The molecule has 0 spiro atoms. The van der Waals surface area contributed by atoms with Gasteiger partial charge in [0.2, 0.25) is 5.95 Å². The number of carbonyl (C=O) groups is 2. The highest BCUT2D eigenvalue weighted by molar-refractivity contribution is 5.97. The summed E-state index contributed by atoms with van der Waals surface area (Å²) >= 11 is 0. The second-order valence-electron chi connectivity index (χ2n) is 9.32. The van der Waals surface area contributed by atoms with Crippen molar-refractivity contribution in [2.75, 3.05) is 0 Å². The number of rotatable bonds is 9. The summed E-state index contributed by atoms with van der Waals surface area (Å²) in [5.41, 5.74) is 4.27. The third-order valence-electron chi connectivity index (χ3n) is 6.48. The van der Waals surface area contributed by atoms with Crippen LogP contribution in [0.5, 0.6) is 0 Å². The quantitative estimate of drug-likeness (QED) is 0.144. The van der Waals surface area contributed by atoms with E-state index in [9.17, 15) is 18.4 Å². The van der Waals surface area contributed by atoms with E-state index in [-0.39, 0.29) is 24.2 Å². The molecule has 1 atom stereocenters. The Morgan fingerprint density at radius 1 is 0.951 bits per heavy atom. The minimum Gasteiger partial charge on any atom is -0.457 e. The van der Waals surface area contributed by atoms with E-state index in [4.69, 9.17) is 4.74 Å². The number of nitrogens with zero attached hydrogens (tertiary/aromatic N) is 6. The number of Topliss-reactive ketones (excluding diaryl/α,β-unsaturated/α-hetero) is 1. The Hall–Kier alpha value is -5.19. The monoisotopic (exact) mass is 554 g/mol. The summed E-state index contributed by atoms with van der Waals surface area (Å²) in [7, 11) is 1.61. The number of benzene rings is 1. The Morgan fingerprint density at radius 3 is 2.46 bits per heavy atom. The van der Waals surface area contributed by atoms with Crippen molar-refractivity contribution in [1.29, 1.82) is 0 Å². The molecular formula is C30H24F2N6O3. The first-order chi connectivity index (χ1) is 19.8. The molecule has 5 rings (SSSR count). The topological polar surface area (TPSA) is 113 Å². The van der Waals surface area contributed by atoms with Crippen molar-refractivity contribution in [2.45, 2.75) is 25.9 Å². The lowest BCUT2D eigenvalue weighted by Gasteiger charge is -2.14. The molecule has 0 unspecified atom stereocenters. The van der Waals surface area contributed by atoms with E-state index in [1.807, 2.05) is 36.4 Å². The number of ether oxygens (including phenoxy) is 1. The number of aromatic nitrogens is 6. The first-order valence-electron chi connectivity index (χ1n) is 12.7. The predicted molar refractivity (Wildman–Crippen MR) is 144 cm³/mol. The minimum absolute atomic E-state index is 0.103. The van der Waals surface area contributed by atoms with E-state index in [0.29, 0.717) is 22.6 Å². The zero-order valence-corrected chi connectivity index (χ0v) is 22.2. The van der Waals surface area contributed by atoms with E-state index >= 15 is 0 Å². The van der Waals surface area contributed by atoms with Crippen molar-refractivity contribution in [3.63, 3.8) is 0 Å². The highest BCUT2D eigenvalue weighted by Crippen LogP contribution is 2.24. The molecule has 41 heavy (non-hydrogen) atoms. The number of hydrogen-bond acceptors (Lipinski definition) is 8. The number of aryl methyl sites for hydroxylation is 1. The lowest BCUT2D eigenvalue weighted by atomic mass is 10.0. The molecule has 5 aromatic rings. The van der Waals surface area contributed by atoms with Crippen molar-refractivity contribution in [1.82, 2.24) is 29.9 Å². The summed E-state index contributed by atoms with van der Waals surface area (Å²) < 4.78 is 34.2. The number of carbonyl (C=O) groups excluding carboxylic acids is 2. The van der Waals surface area contributed by atoms with Gasteiger partial charge in [-0.2, -0.15) is 4.39 Å². The highest BCUT2D eigenvalue weighted by atomic mass is 19.1. The van der Waals surface area contributed by atoms with E-state index in [1.54, 1.807) is 31.6 Å². The van der Waals surface area contributed by atoms with E-state index in [0.717, 1.165) is 29.0 Å². The van der Waals surface area contributed by atoms with Crippen LogP contribution < -0.4 is 0 Å². The Kier molecular flexibility index (Phi) is 7.95. The second kappa shape index (κ2) is 11.9. The first-order valence-corrected chi connectivity index (χ1v) is 12.7. The van der Waals surface area contributed by atoms with Crippen LogP contribution in [-0.4, -0.2) is 41.7 Å². The molecule has 4 heterocycles. The van der Waals surface area contributed by atoms with Crippen molar-refractivity contribution in [3.05, 3.63) is 114 Å². The fourth-order valence-corrected chi connectivity index (χ4v) is 4.27. The SMILES string of the molecule is C[C@@H](OC(=O)Cc1c(-c2ccc(C(=O)Cc3ccc(-c4cccnc4)cc3)cn2)nnn1C)c1cc(F)cnc1F. The summed E-state index contributed by atoms with van der Waals surface area (Å²) in [5.74, 6) is -2.47. The van der Waals surface area contributed by atoms with Crippen molar-refractivity contribution in [3.8, 4) is 22.5 Å². The molecule has 0 bridgehead atoms. The highest BCUT2D eigenvalue weighted by Gasteiger charge is 2.22. The van der Waals surface area contributed by atoms with Crippen LogP contribution >= 0.6 is 0 Å². The van der Waals surface area contributed by atoms with E-state index < -0.39 is 23.8 Å². The van der Waals surface area contributed by atoms with Crippen molar-refractivity contribution < 1.29 is 23.1 Å². The maximum Gasteiger partial charge on any atom is 0.312 e. The molecule has 0 aliphatic carbocycles. The average Bonchev–Trinajstić information content (AvgIpc) is 3.34. The Morgan fingerprint density at radius 2 is 1.76 bits per heavy atom. The molecule has 0 aliphatic heterocycles. The maximum atomic E-state index is 14.0. The Balaban J connectivity index is 1.24. The molecule has 4 aromatic heterocycles. The van der Waals surface area contributed by atoms with E-state index in [2.05, 4.69) is 25.3 Å². The van der Waals surface area contributed by atoms with Crippen molar-refractivity contribution in [2.24, 2.45) is 7.05 Å². The molecule has 0 fully saturated rings. The van der Waals surface area contributed by atoms with Gasteiger partial charge in [0, 0.05) is 37.6 Å². The van der Waals surface area contributed by atoms with Crippen LogP contribution in [0.1, 0.15) is 40.2 Å². The summed E-state index contributed by atoms with van der Waals surface area (Å²) in [4.78, 5) is 37.4. The summed E-state index contributed by atoms with van der Waals surface area (Å²) in [6.07, 6.45) is 4.60. The molecular weight excluding hydrogens is 530 g/mol. The lowest BCUT2D eigenvalue weighted by molar-refractivity contribution is -0.148. The molecule has 0 N–H and O–H groups in total.